The van der Waals surface area contributed by atoms with Gasteiger partial charge in [-0.05, 0) is 52.7 Å². The maximum atomic E-state index is 12.3. The molecule has 0 saturated carbocycles. The fourth-order valence-corrected chi connectivity index (χ4v) is 3.98. The van der Waals surface area contributed by atoms with E-state index in [1.54, 1.807) is 12.3 Å². The number of hydrogen-bond acceptors (Lipinski definition) is 3. The molecule has 0 fully saturated rings. The van der Waals surface area contributed by atoms with E-state index in [0.717, 1.165) is 5.56 Å². The lowest BCUT2D eigenvalue weighted by Crippen LogP contribution is -2.14. The molecule has 0 aliphatic carbocycles. The van der Waals surface area contributed by atoms with Gasteiger partial charge in [0.1, 0.15) is 4.90 Å². The summed E-state index contributed by atoms with van der Waals surface area (Å²) in [6.45, 7) is 1.85. The van der Waals surface area contributed by atoms with Crippen LogP contribution in [-0.4, -0.2) is 13.4 Å². The van der Waals surface area contributed by atoms with Crippen LogP contribution in [0.2, 0.25) is 10.0 Å². The van der Waals surface area contributed by atoms with Gasteiger partial charge in [0.2, 0.25) is 0 Å². The van der Waals surface area contributed by atoms with Crippen LogP contribution in [0.4, 0.5) is 5.82 Å². The van der Waals surface area contributed by atoms with E-state index >= 15 is 0 Å². The minimum absolute atomic E-state index is 0.0493. The van der Waals surface area contributed by atoms with Crippen LogP contribution in [0.5, 0.6) is 0 Å². The van der Waals surface area contributed by atoms with Crippen molar-refractivity contribution in [2.45, 2.75) is 11.8 Å². The van der Waals surface area contributed by atoms with Gasteiger partial charge < -0.3 is 0 Å². The highest BCUT2D eigenvalue weighted by Gasteiger charge is 2.20. The van der Waals surface area contributed by atoms with Crippen LogP contribution >= 0.6 is 39.1 Å². The Morgan fingerprint density at radius 1 is 1.25 bits per heavy atom. The van der Waals surface area contributed by atoms with E-state index in [-0.39, 0.29) is 15.7 Å². The van der Waals surface area contributed by atoms with Gasteiger partial charge in [-0.3, -0.25) is 4.72 Å². The molecule has 0 radical (unpaired) electrons. The predicted molar refractivity (Wildman–Crippen MR) is 83.9 cm³/mol. The third-order valence-electron chi connectivity index (χ3n) is 2.39. The Morgan fingerprint density at radius 2 is 1.95 bits per heavy atom. The summed E-state index contributed by atoms with van der Waals surface area (Å²) in [5, 5.41) is 0.414. The molecule has 106 valence electrons. The van der Waals surface area contributed by atoms with Crippen LogP contribution in [0.1, 0.15) is 5.56 Å². The molecule has 0 spiro atoms. The lowest BCUT2D eigenvalue weighted by atomic mass is 10.3. The average molecular weight is 396 g/mol. The quantitative estimate of drug-likeness (QED) is 0.844. The van der Waals surface area contributed by atoms with Crippen molar-refractivity contribution in [2.75, 3.05) is 4.72 Å². The van der Waals surface area contributed by atoms with Crippen LogP contribution in [0, 0.1) is 6.92 Å². The summed E-state index contributed by atoms with van der Waals surface area (Å²) in [7, 11) is -3.83. The molecule has 4 nitrogen and oxygen atoms in total. The summed E-state index contributed by atoms with van der Waals surface area (Å²) < 4.78 is 27.5. The zero-order valence-electron chi connectivity index (χ0n) is 10.2. The van der Waals surface area contributed by atoms with Crippen LogP contribution in [0.3, 0.4) is 0 Å². The Balaban J connectivity index is 2.41. The lowest BCUT2D eigenvalue weighted by molar-refractivity contribution is 0.601. The molecule has 20 heavy (non-hydrogen) atoms. The van der Waals surface area contributed by atoms with Crippen LogP contribution in [0.25, 0.3) is 0 Å². The molecule has 1 heterocycles. The largest absolute Gasteiger partial charge is 0.264 e. The number of nitrogens with zero attached hydrogens (tertiary/aromatic N) is 1. The molecule has 0 aliphatic heterocycles. The van der Waals surface area contributed by atoms with Crippen molar-refractivity contribution in [2.24, 2.45) is 0 Å². The second-order valence-electron chi connectivity index (χ2n) is 4.02. The minimum Gasteiger partial charge on any atom is -0.262 e. The number of hydrogen-bond donors (Lipinski definition) is 1. The fraction of sp³-hybridized carbons (Fsp3) is 0.0833. The summed E-state index contributed by atoms with van der Waals surface area (Å²) in [5.41, 5.74) is 0.907. The van der Waals surface area contributed by atoms with Gasteiger partial charge in [0, 0.05) is 11.2 Å². The zero-order chi connectivity index (χ0) is 14.9. The predicted octanol–water partition coefficient (Wildman–Crippen LogP) is 4.26. The highest BCUT2D eigenvalue weighted by molar-refractivity contribution is 9.10. The Hall–Kier alpha value is -0.820. The summed E-state index contributed by atoms with van der Waals surface area (Å²) in [6.07, 6.45) is 1.56. The first-order valence-electron chi connectivity index (χ1n) is 5.39. The molecule has 8 heteroatoms. The SMILES string of the molecule is Cc1cnc(NS(=O)(=O)c2ccc(Cl)cc2Cl)c(Br)c1. The highest BCUT2D eigenvalue weighted by Crippen LogP contribution is 2.28. The second-order valence-corrected chi connectivity index (χ2v) is 7.37. The summed E-state index contributed by atoms with van der Waals surface area (Å²) in [5.74, 6) is 0.196. The van der Waals surface area contributed by atoms with Crippen molar-refractivity contribution in [3.05, 3.63) is 50.5 Å². The van der Waals surface area contributed by atoms with E-state index < -0.39 is 10.0 Å². The highest BCUT2D eigenvalue weighted by atomic mass is 79.9. The lowest BCUT2D eigenvalue weighted by Gasteiger charge is -2.10. The number of aromatic nitrogens is 1. The molecular weight excluding hydrogens is 387 g/mol. The maximum absolute atomic E-state index is 12.3. The number of aryl methyl sites for hydroxylation is 1. The normalized spacial score (nSPS) is 11.4. The smallest absolute Gasteiger partial charge is 0.262 e. The van der Waals surface area contributed by atoms with Gasteiger partial charge in [0.25, 0.3) is 10.0 Å². The molecule has 0 aliphatic rings. The maximum Gasteiger partial charge on any atom is 0.264 e. The monoisotopic (exact) mass is 394 g/mol. The minimum atomic E-state index is -3.83. The van der Waals surface area contributed by atoms with Crippen molar-refractivity contribution in [3.8, 4) is 0 Å². The van der Waals surface area contributed by atoms with Gasteiger partial charge in [0.15, 0.2) is 5.82 Å². The molecule has 0 atom stereocenters. The molecular formula is C12H9BrCl2N2O2S. The van der Waals surface area contributed by atoms with Gasteiger partial charge in [0.05, 0.1) is 9.50 Å². The van der Waals surface area contributed by atoms with E-state index in [4.69, 9.17) is 23.2 Å². The van der Waals surface area contributed by atoms with E-state index in [9.17, 15) is 8.42 Å². The van der Waals surface area contributed by atoms with E-state index in [1.165, 1.54) is 18.2 Å². The van der Waals surface area contributed by atoms with E-state index in [2.05, 4.69) is 25.6 Å². The first-order valence-corrected chi connectivity index (χ1v) is 8.43. The molecule has 1 aromatic heterocycles. The first-order chi connectivity index (χ1) is 9.29. The van der Waals surface area contributed by atoms with Gasteiger partial charge in [-0.2, -0.15) is 0 Å². The number of nitrogens with one attached hydrogen (secondary N) is 1. The van der Waals surface area contributed by atoms with Crippen LogP contribution in [0.15, 0.2) is 39.8 Å². The van der Waals surface area contributed by atoms with Crippen molar-refractivity contribution in [1.82, 2.24) is 4.98 Å². The van der Waals surface area contributed by atoms with Crippen LogP contribution < -0.4 is 4.72 Å². The number of anilines is 1. The Labute approximate surface area is 135 Å². The third kappa shape index (κ3) is 3.44. The first kappa shape index (κ1) is 15.6. The molecule has 2 rings (SSSR count). The second kappa shape index (κ2) is 5.89. The standard InChI is InChI=1S/C12H9BrCl2N2O2S/c1-7-4-9(13)12(16-6-7)17-20(18,19)11-3-2-8(14)5-10(11)15/h2-6H,1H3,(H,16,17). The van der Waals surface area contributed by atoms with E-state index in [0.29, 0.717) is 9.50 Å². The molecule has 1 N–H and O–H groups in total. The third-order valence-corrected chi connectivity index (χ3v) is 5.05. The number of benzene rings is 1. The van der Waals surface area contributed by atoms with Crippen molar-refractivity contribution in [3.63, 3.8) is 0 Å². The summed E-state index contributed by atoms with van der Waals surface area (Å²) in [6, 6.07) is 5.93. The Morgan fingerprint density at radius 3 is 2.55 bits per heavy atom. The van der Waals surface area contributed by atoms with Gasteiger partial charge >= 0.3 is 0 Å². The van der Waals surface area contributed by atoms with Crippen molar-refractivity contribution >= 4 is 55.0 Å². The Bertz CT molecular complexity index is 766. The fourth-order valence-electron chi connectivity index (χ4n) is 1.48. The number of halogens is 3. The van der Waals surface area contributed by atoms with Crippen LogP contribution in [-0.2, 0) is 10.0 Å². The molecule has 0 amide bonds. The van der Waals surface area contributed by atoms with Gasteiger partial charge in [-0.15, -0.1) is 0 Å². The van der Waals surface area contributed by atoms with Gasteiger partial charge in [-0.1, -0.05) is 23.2 Å². The number of sulfonamides is 1. The van der Waals surface area contributed by atoms with Gasteiger partial charge in [-0.25, -0.2) is 13.4 Å². The molecule has 0 bridgehead atoms. The Kier molecular flexibility index (Phi) is 4.59. The van der Waals surface area contributed by atoms with Crippen molar-refractivity contribution < 1.29 is 8.42 Å². The van der Waals surface area contributed by atoms with E-state index in [1.807, 2.05) is 6.92 Å². The number of pyridine rings is 1. The molecule has 0 unspecified atom stereocenters. The molecule has 1 aromatic carbocycles. The summed E-state index contributed by atoms with van der Waals surface area (Å²) in [4.78, 5) is 3.97. The summed E-state index contributed by atoms with van der Waals surface area (Å²) >= 11 is 14.9. The topological polar surface area (TPSA) is 59.1 Å². The zero-order valence-corrected chi connectivity index (χ0v) is 14.1. The number of rotatable bonds is 3. The molecule has 2 aromatic rings. The molecule has 0 saturated heterocycles. The van der Waals surface area contributed by atoms with Crippen molar-refractivity contribution in [1.29, 1.82) is 0 Å². The average Bonchev–Trinajstić information content (AvgIpc) is 2.32.